The van der Waals surface area contributed by atoms with E-state index in [2.05, 4.69) is 10.6 Å². The maximum Gasteiger partial charge on any atom is 0.267 e. The summed E-state index contributed by atoms with van der Waals surface area (Å²) in [6.45, 7) is 1.43. The second-order valence-corrected chi connectivity index (χ2v) is 10.5. The molecule has 0 saturated carbocycles. The summed E-state index contributed by atoms with van der Waals surface area (Å²) in [4.78, 5) is 40.5. The van der Waals surface area contributed by atoms with E-state index in [1.807, 2.05) is 0 Å². The Morgan fingerprint density at radius 1 is 1.05 bits per heavy atom. The maximum absolute atomic E-state index is 13.6. The molecule has 1 aliphatic heterocycles. The lowest BCUT2D eigenvalue weighted by Crippen LogP contribution is -2.53. The molecule has 0 fully saturated rings. The van der Waals surface area contributed by atoms with Gasteiger partial charge in [-0.3, -0.25) is 14.4 Å². The fourth-order valence-electron chi connectivity index (χ4n) is 4.56. The number of amides is 3. The van der Waals surface area contributed by atoms with Crippen LogP contribution in [0.2, 0.25) is 10.0 Å². The molecule has 3 amide bonds. The molecule has 1 aliphatic carbocycles. The number of anilines is 1. The summed E-state index contributed by atoms with van der Waals surface area (Å²) in [7, 11) is 1.54. The van der Waals surface area contributed by atoms with Crippen molar-refractivity contribution in [3.05, 3.63) is 93.4 Å². The first-order chi connectivity index (χ1) is 20.1. The number of methoxy groups -OCH3 is 1. The predicted octanol–water partition coefficient (Wildman–Crippen LogP) is 4.91. The second kappa shape index (κ2) is 12.3. The molecule has 12 heteroatoms. The monoisotopic (exact) mass is 613 g/mol. The number of nitrogens with zero attached hydrogens (tertiary/aromatic N) is 1. The van der Waals surface area contributed by atoms with Crippen molar-refractivity contribution in [2.24, 2.45) is 0 Å². The van der Waals surface area contributed by atoms with Gasteiger partial charge in [-0.1, -0.05) is 23.2 Å². The summed E-state index contributed by atoms with van der Waals surface area (Å²) in [6, 6.07) is 15.1. The Balaban J connectivity index is 1.22. The van der Waals surface area contributed by atoms with E-state index in [4.69, 9.17) is 37.4 Å². The summed E-state index contributed by atoms with van der Waals surface area (Å²) in [5.74, 6) is -0.677. The van der Waals surface area contributed by atoms with Crippen LogP contribution in [0.3, 0.4) is 0 Å². The van der Waals surface area contributed by atoms with Gasteiger partial charge in [-0.15, -0.1) is 0 Å². The van der Waals surface area contributed by atoms with Gasteiger partial charge in [-0.25, -0.2) is 4.39 Å². The van der Waals surface area contributed by atoms with Crippen molar-refractivity contribution in [2.45, 2.75) is 25.5 Å². The van der Waals surface area contributed by atoms with Gasteiger partial charge in [0, 0.05) is 28.8 Å². The minimum atomic E-state index is -0.997. The predicted molar refractivity (Wildman–Crippen MR) is 155 cm³/mol. The number of ether oxygens (including phenoxy) is 3. The van der Waals surface area contributed by atoms with E-state index in [0.717, 1.165) is 11.6 Å². The SMILES string of the molecule is COc1ccc(C(=O)N2CC(C(=O)NC3=C(C)C(NC(=O)COc4ccc(Cl)c(F)c4)C3)Oc3ccc(Cl)cc32)cc1. The van der Waals surface area contributed by atoms with Crippen molar-refractivity contribution in [2.75, 3.05) is 25.2 Å². The molecule has 218 valence electrons. The van der Waals surface area contributed by atoms with Crippen LogP contribution in [0.25, 0.3) is 0 Å². The lowest BCUT2D eigenvalue weighted by atomic mass is 9.89. The van der Waals surface area contributed by atoms with E-state index in [0.29, 0.717) is 39.9 Å². The molecule has 0 bridgehead atoms. The molecule has 42 heavy (non-hydrogen) atoms. The Morgan fingerprint density at radius 2 is 1.79 bits per heavy atom. The normalized spacial score (nSPS) is 17.4. The number of carbonyl (C=O) groups excluding carboxylic acids is 3. The largest absolute Gasteiger partial charge is 0.497 e. The minimum absolute atomic E-state index is 0.0413. The molecular weight excluding hydrogens is 588 g/mol. The average Bonchev–Trinajstić information content (AvgIpc) is 2.99. The van der Waals surface area contributed by atoms with Crippen molar-refractivity contribution >= 4 is 46.6 Å². The summed E-state index contributed by atoms with van der Waals surface area (Å²) >= 11 is 11.9. The number of rotatable bonds is 8. The quantitative estimate of drug-likeness (QED) is 0.374. The van der Waals surface area contributed by atoms with E-state index in [-0.39, 0.29) is 35.9 Å². The highest BCUT2D eigenvalue weighted by Gasteiger charge is 2.37. The van der Waals surface area contributed by atoms with E-state index in [9.17, 15) is 18.8 Å². The van der Waals surface area contributed by atoms with E-state index >= 15 is 0 Å². The third-order valence-electron chi connectivity index (χ3n) is 6.98. The van der Waals surface area contributed by atoms with Gasteiger partial charge < -0.3 is 29.7 Å². The Labute approximate surface area is 251 Å². The fourth-order valence-corrected chi connectivity index (χ4v) is 4.84. The van der Waals surface area contributed by atoms with Crippen molar-refractivity contribution in [3.8, 4) is 17.2 Å². The third-order valence-corrected chi connectivity index (χ3v) is 7.52. The molecule has 2 atom stereocenters. The van der Waals surface area contributed by atoms with Crippen molar-refractivity contribution in [3.63, 3.8) is 0 Å². The first-order valence-corrected chi connectivity index (χ1v) is 13.7. The first kappa shape index (κ1) is 29.2. The number of carbonyl (C=O) groups is 3. The number of hydrogen-bond donors (Lipinski definition) is 2. The molecule has 1 heterocycles. The summed E-state index contributed by atoms with van der Waals surface area (Å²) in [6.07, 6.45) is -0.616. The lowest BCUT2D eigenvalue weighted by Gasteiger charge is -2.36. The highest BCUT2D eigenvalue weighted by molar-refractivity contribution is 6.31. The van der Waals surface area contributed by atoms with Crippen LogP contribution in [-0.4, -0.2) is 50.1 Å². The minimum Gasteiger partial charge on any atom is -0.497 e. The molecule has 9 nitrogen and oxygen atoms in total. The molecule has 0 saturated heterocycles. The average molecular weight is 614 g/mol. The highest BCUT2D eigenvalue weighted by atomic mass is 35.5. The Bertz CT molecular complexity index is 1580. The standard InChI is InChI=1S/C30H26Cl2FN3O6/c1-16-23(34-28(37)15-41-20-8-9-21(32)22(33)12-20)13-24(16)35-29(38)27-14-36(25-11-18(31)5-10-26(25)42-27)30(39)17-3-6-19(40-2)7-4-17/h3-12,23,27H,13-15H2,1-2H3,(H,34,37)(H,35,38). The third kappa shape index (κ3) is 6.29. The van der Waals surface area contributed by atoms with Crippen molar-refractivity contribution < 1.29 is 33.0 Å². The summed E-state index contributed by atoms with van der Waals surface area (Å²) in [5, 5.41) is 6.05. The number of nitrogens with one attached hydrogen (secondary N) is 2. The Morgan fingerprint density at radius 3 is 2.48 bits per heavy atom. The topological polar surface area (TPSA) is 106 Å². The molecule has 2 N–H and O–H groups in total. The van der Waals surface area contributed by atoms with Gasteiger partial charge in [0.1, 0.15) is 23.1 Å². The molecule has 2 unspecified atom stereocenters. The summed E-state index contributed by atoms with van der Waals surface area (Å²) < 4.78 is 30.0. The summed E-state index contributed by atoms with van der Waals surface area (Å²) in [5.41, 5.74) is 2.27. The number of benzene rings is 3. The Kier molecular flexibility index (Phi) is 8.56. The van der Waals surface area contributed by atoms with Crippen LogP contribution < -0.4 is 29.7 Å². The zero-order chi connectivity index (χ0) is 30.0. The van der Waals surface area contributed by atoms with E-state index in [1.165, 1.54) is 24.1 Å². The maximum atomic E-state index is 13.6. The molecule has 0 aromatic heterocycles. The van der Waals surface area contributed by atoms with Crippen LogP contribution in [0.1, 0.15) is 23.7 Å². The first-order valence-electron chi connectivity index (χ1n) is 12.9. The van der Waals surface area contributed by atoms with Gasteiger partial charge in [0.25, 0.3) is 17.7 Å². The van der Waals surface area contributed by atoms with Crippen LogP contribution in [0.4, 0.5) is 10.1 Å². The highest BCUT2D eigenvalue weighted by Crippen LogP contribution is 2.37. The van der Waals surface area contributed by atoms with Gasteiger partial charge in [0.15, 0.2) is 12.7 Å². The van der Waals surface area contributed by atoms with Crippen molar-refractivity contribution in [1.82, 2.24) is 10.6 Å². The zero-order valence-corrected chi connectivity index (χ0v) is 24.1. The van der Waals surface area contributed by atoms with E-state index < -0.39 is 23.7 Å². The molecule has 5 rings (SSSR count). The van der Waals surface area contributed by atoms with E-state index in [1.54, 1.807) is 49.4 Å². The molecule has 0 radical (unpaired) electrons. The van der Waals surface area contributed by atoms with Gasteiger partial charge in [0.05, 0.1) is 30.4 Å². The molecule has 3 aromatic rings. The van der Waals surface area contributed by atoms with Gasteiger partial charge in [-0.05, 0) is 67.1 Å². The number of fused-ring (bicyclic) bond motifs is 1. The molecule has 3 aromatic carbocycles. The Hall–Kier alpha value is -4.28. The molecular formula is C30H26Cl2FN3O6. The molecule has 2 aliphatic rings. The van der Waals surface area contributed by atoms with Crippen LogP contribution in [0, 0.1) is 5.82 Å². The molecule has 0 spiro atoms. The smallest absolute Gasteiger partial charge is 0.267 e. The lowest BCUT2D eigenvalue weighted by molar-refractivity contribution is -0.127. The van der Waals surface area contributed by atoms with Gasteiger partial charge in [0.2, 0.25) is 0 Å². The second-order valence-electron chi connectivity index (χ2n) is 9.70. The number of hydrogen-bond acceptors (Lipinski definition) is 6. The van der Waals surface area contributed by atoms with Crippen LogP contribution in [-0.2, 0) is 9.59 Å². The van der Waals surface area contributed by atoms with Crippen LogP contribution >= 0.6 is 23.2 Å². The van der Waals surface area contributed by atoms with Crippen molar-refractivity contribution in [1.29, 1.82) is 0 Å². The zero-order valence-electron chi connectivity index (χ0n) is 22.6. The van der Waals surface area contributed by atoms with Gasteiger partial charge >= 0.3 is 0 Å². The van der Waals surface area contributed by atoms with Crippen LogP contribution in [0.5, 0.6) is 17.2 Å². The fraction of sp³-hybridized carbons (Fsp3) is 0.233. The van der Waals surface area contributed by atoms with Gasteiger partial charge in [-0.2, -0.15) is 0 Å². The number of halogens is 3. The van der Waals surface area contributed by atoms with Crippen LogP contribution in [0.15, 0.2) is 71.9 Å².